The van der Waals surface area contributed by atoms with Gasteiger partial charge in [-0.25, -0.2) is 8.42 Å². The average molecular weight is 417 g/mol. The highest BCUT2D eigenvalue weighted by Gasteiger charge is 2.31. The average Bonchev–Trinajstić information content (AvgIpc) is 2.71. The molecule has 1 saturated heterocycles. The van der Waals surface area contributed by atoms with Crippen LogP contribution in [-0.2, 0) is 21.2 Å². The number of carbonyl (C=O) groups is 1. The van der Waals surface area contributed by atoms with Crippen molar-refractivity contribution in [2.45, 2.75) is 25.2 Å². The fourth-order valence-corrected chi connectivity index (χ4v) is 5.05. The summed E-state index contributed by atoms with van der Waals surface area (Å²) in [6, 6.07) is 15.3. The summed E-state index contributed by atoms with van der Waals surface area (Å²) in [4.78, 5) is 13.7. The number of piperazine rings is 1. The number of aryl methyl sites for hydroxylation is 2. The maximum Gasteiger partial charge on any atom is 0.275 e. The van der Waals surface area contributed by atoms with Gasteiger partial charge >= 0.3 is 0 Å². The smallest absolute Gasteiger partial charge is 0.275 e. The van der Waals surface area contributed by atoms with Crippen LogP contribution in [0, 0.1) is 13.8 Å². The van der Waals surface area contributed by atoms with E-state index in [4.69, 9.17) is 0 Å². The van der Waals surface area contributed by atoms with Crippen LogP contribution in [0.25, 0.3) is 0 Å². The van der Waals surface area contributed by atoms with Crippen molar-refractivity contribution in [3.05, 3.63) is 65.2 Å². The summed E-state index contributed by atoms with van der Waals surface area (Å²) in [6.45, 7) is 7.03. The first-order chi connectivity index (χ1) is 13.9. The van der Waals surface area contributed by atoms with E-state index in [1.165, 1.54) is 9.87 Å². The van der Waals surface area contributed by atoms with Crippen molar-refractivity contribution in [1.29, 1.82) is 0 Å². The highest BCUT2D eigenvalue weighted by molar-refractivity contribution is 7.89. The van der Waals surface area contributed by atoms with Crippen LogP contribution in [0.4, 0.5) is 0 Å². The van der Waals surface area contributed by atoms with Crippen LogP contribution in [0.15, 0.2) is 53.4 Å². The molecule has 3 rings (SSSR count). The van der Waals surface area contributed by atoms with Crippen LogP contribution in [0.2, 0.25) is 0 Å². The largest absolute Gasteiger partial charge is 0.351 e. The van der Waals surface area contributed by atoms with E-state index in [0.29, 0.717) is 44.2 Å². The quantitative estimate of drug-likeness (QED) is 0.693. The number of quaternary nitrogens is 1. The zero-order valence-corrected chi connectivity index (χ0v) is 18.0. The molecule has 1 amide bonds. The van der Waals surface area contributed by atoms with Crippen LogP contribution in [0.5, 0.6) is 0 Å². The lowest BCUT2D eigenvalue weighted by atomic mass is 10.1. The molecular formula is C22H30N3O3S+. The van der Waals surface area contributed by atoms with Gasteiger partial charge in [0.1, 0.15) is 0 Å². The van der Waals surface area contributed by atoms with E-state index in [-0.39, 0.29) is 5.91 Å². The third kappa shape index (κ3) is 5.65. The fourth-order valence-electron chi connectivity index (χ4n) is 3.52. The molecular weight excluding hydrogens is 386 g/mol. The molecule has 2 N–H and O–H groups in total. The number of hydrogen-bond acceptors (Lipinski definition) is 3. The van der Waals surface area contributed by atoms with Gasteiger partial charge in [-0.1, -0.05) is 36.4 Å². The second-order valence-electron chi connectivity index (χ2n) is 7.66. The Balaban J connectivity index is 1.46. The Labute approximate surface area is 173 Å². The SMILES string of the molecule is Cc1ccc(S(=O)(=O)N2CC[NH+](CC(=O)NCCc3ccccc3)CC2)cc1C. The van der Waals surface area contributed by atoms with Crippen molar-refractivity contribution in [2.24, 2.45) is 0 Å². The standard InChI is InChI=1S/C22H29N3O3S/c1-18-8-9-21(16-19(18)2)29(27,28)25-14-12-24(13-15-25)17-22(26)23-11-10-20-6-4-3-5-7-20/h3-9,16H,10-15,17H2,1-2H3,(H,23,26)/p+1. The number of carbonyl (C=O) groups excluding carboxylic acids is 1. The molecule has 0 atom stereocenters. The molecule has 0 saturated carbocycles. The van der Waals surface area contributed by atoms with Gasteiger partial charge in [0.05, 0.1) is 31.1 Å². The molecule has 0 unspecified atom stereocenters. The van der Waals surface area contributed by atoms with Gasteiger partial charge in [-0.05, 0) is 49.1 Å². The van der Waals surface area contributed by atoms with E-state index in [1.807, 2.05) is 50.2 Å². The minimum atomic E-state index is -3.48. The third-order valence-electron chi connectivity index (χ3n) is 5.53. The molecule has 1 aliphatic rings. The summed E-state index contributed by atoms with van der Waals surface area (Å²) in [5.74, 6) is 0.0152. The lowest BCUT2D eigenvalue weighted by Gasteiger charge is -2.31. The Hall–Kier alpha value is -2.22. The van der Waals surface area contributed by atoms with Gasteiger partial charge in [-0.3, -0.25) is 4.79 Å². The van der Waals surface area contributed by atoms with Crippen LogP contribution in [0.1, 0.15) is 16.7 Å². The molecule has 2 aromatic rings. The third-order valence-corrected chi connectivity index (χ3v) is 7.43. The summed E-state index contributed by atoms with van der Waals surface area (Å²) in [7, 11) is -3.48. The maximum absolute atomic E-state index is 12.9. The van der Waals surface area contributed by atoms with Crippen molar-refractivity contribution in [3.8, 4) is 0 Å². The summed E-state index contributed by atoms with van der Waals surface area (Å²) in [6.07, 6.45) is 0.809. The van der Waals surface area contributed by atoms with Crippen molar-refractivity contribution in [1.82, 2.24) is 9.62 Å². The number of nitrogens with zero attached hydrogens (tertiary/aromatic N) is 1. The first-order valence-electron chi connectivity index (χ1n) is 10.1. The second-order valence-corrected chi connectivity index (χ2v) is 9.60. The van der Waals surface area contributed by atoms with Gasteiger partial charge in [-0.15, -0.1) is 0 Å². The molecule has 0 spiro atoms. The van der Waals surface area contributed by atoms with Crippen LogP contribution in [-0.4, -0.2) is 57.9 Å². The van der Waals surface area contributed by atoms with Gasteiger partial charge in [0.15, 0.2) is 6.54 Å². The lowest BCUT2D eigenvalue weighted by Crippen LogP contribution is -3.15. The highest BCUT2D eigenvalue weighted by Crippen LogP contribution is 2.19. The van der Waals surface area contributed by atoms with Crippen LogP contribution < -0.4 is 10.2 Å². The van der Waals surface area contributed by atoms with Crippen molar-refractivity contribution in [3.63, 3.8) is 0 Å². The molecule has 6 nitrogen and oxygen atoms in total. The van der Waals surface area contributed by atoms with E-state index in [0.717, 1.165) is 22.4 Å². The molecule has 156 valence electrons. The van der Waals surface area contributed by atoms with Crippen LogP contribution >= 0.6 is 0 Å². The lowest BCUT2D eigenvalue weighted by molar-refractivity contribution is -0.895. The first-order valence-corrected chi connectivity index (χ1v) is 11.5. The molecule has 1 aliphatic heterocycles. The number of sulfonamides is 1. The topological polar surface area (TPSA) is 70.9 Å². The summed E-state index contributed by atoms with van der Waals surface area (Å²) in [5, 5.41) is 2.97. The Morgan fingerprint density at radius 3 is 2.38 bits per heavy atom. The van der Waals surface area contributed by atoms with Gasteiger partial charge in [0.2, 0.25) is 10.0 Å². The molecule has 2 aromatic carbocycles. The minimum absolute atomic E-state index is 0.0152. The van der Waals surface area contributed by atoms with Crippen LogP contribution in [0.3, 0.4) is 0 Å². The van der Waals surface area contributed by atoms with Gasteiger partial charge in [-0.2, -0.15) is 4.31 Å². The molecule has 7 heteroatoms. The van der Waals surface area contributed by atoms with E-state index in [9.17, 15) is 13.2 Å². The zero-order valence-electron chi connectivity index (χ0n) is 17.1. The summed E-state index contributed by atoms with van der Waals surface area (Å²) in [5.41, 5.74) is 3.25. The van der Waals surface area contributed by atoms with Crippen molar-refractivity contribution in [2.75, 3.05) is 39.3 Å². The molecule has 0 aromatic heterocycles. The maximum atomic E-state index is 12.9. The summed E-state index contributed by atoms with van der Waals surface area (Å²) < 4.78 is 27.3. The predicted molar refractivity (Wildman–Crippen MR) is 113 cm³/mol. The zero-order chi connectivity index (χ0) is 20.9. The Kier molecular flexibility index (Phi) is 7.05. The molecule has 0 aliphatic carbocycles. The molecule has 29 heavy (non-hydrogen) atoms. The monoisotopic (exact) mass is 416 g/mol. The van der Waals surface area contributed by atoms with E-state index in [2.05, 4.69) is 5.32 Å². The highest BCUT2D eigenvalue weighted by atomic mass is 32.2. The minimum Gasteiger partial charge on any atom is -0.351 e. The number of nitrogens with one attached hydrogen (secondary N) is 2. The normalized spacial score (nSPS) is 15.9. The molecule has 1 heterocycles. The number of rotatable bonds is 7. The Morgan fingerprint density at radius 1 is 1.03 bits per heavy atom. The molecule has 0 radical (unpaired) electrons. The van der Waals surface area contributed by atoms with E-state index < -0.39 is 10.0 Å². The Morgan fingerprint density at radius 2 is 1.72 bits per heavy atom. The number of amides is 1. The molecule has 1 fully saturated rings. The molecule has 0 bridgehead atoms. The number of benzene rings is 2. The van der Waals surface area contributed by atoms with Crippen molar-refractivity contribution >= 4 is 15.9 Å². The van der Waals surface area contributed by atoms with Gasteiger partial charge in [0, 0.05) is 6.54 Å². The predicted octanol–water partition coefficient (Wildman–Crippen LogP) is 0.552. The first kappa shape index (κ1) is 21.5. The number of hydrogen-bond donors (Lipinski definition) is 2. The van der Waals surface area contributed by atoms with Gasteiger partial charge < -0.3 is 10.2 Å². The fraction of sp³-hybridized carbons (Fsp3) is 0.409. The second kappa shape index (κ2) is 9.52. The summed E-state index contributed by atoms with van der Waals surface area (Å²) >= 11 is 0. The van der Waals surface area contributed by atoms with Crippen molar-refractivity contribution < 1.29 is 18.1 Å². The van der Waals surface area contributed by atoms with Gasteiger partial charge in [0.25, 0.3) is 5.91 Å². The van der Waals surface area contributed by atoms with E-state index in [1.54, 1.807) is 12.1 Å². The van der Waals surface area contributed by atoms with E-state index >= 15 is 0 Å². The Bertz CT molecular complexity index is 937.